The predicted molar refractivity (Wildman–Crippen MR) is 72.0 cm³/mol. The summed E-state index contributed by atoms with van der Waals surface area (Å²) in [7, 11) is 0. The van der Waals surface area contributed by atoms with Crippen molar-refractivity contribution in [2.75, 3.05) is 13.2 Å². The lowest BCUT2D eigenvalue weighted by Crippen LogP contribution is -2.61. The molecule has 5 nitrogen and oxygen atoms in total. The molecule has 0 radical (unpaired) electrons. The van der Waals surface area contributed by atoms with E-state index in [1.54, 1.807) is 0 Å². The summed E-state index contributed by atoms with van der Waals surface area (Å²) in [5.74, 6) is -2.29. The quantitative estimate of drug-likeness (QED) is 0.584. The number of alkyl carbamates (subject to hydrolysis) is 1. The number of carbonyl (C=O) groups is 2. The zero-order chi connectivity index (χ0) is 15.3. The molecule has 7 heteroatoms. The number of hydrogen-bond donors (Lipinski definition) is 2. The summed E-state index contributed by atoms with van der Waals surface area (Å²) < 4.78 is 30.9. The van der Waals surface area contributed by atoms with E-state index in [4.69, 9.17) is 4.74 Å². The molecule has 0 aromatic rings. The summed E-state index contributed by atoms with van der Waals surface area (Å²) in [6, 6.07) is -0.471. The molecule has 2 amide bonds. The van der Waals surface area contributed by atoms with Gasteiger partial charge in [0, 0.05) is 19.4 Å². The van der Waals surface area contributed by atoms with Gasteiger partial charge in [0.2, 0.25) is 11.8 Å². The Hall–Kier alpha value is -1.40. The molecule has 21 heavy (non-hydrogen) atoms. The number of nitrogens with one attached hydrogen (secondary N) is 2. The summed E-state index contributed by atoms with van der Waals surface area (Å²) in [4.78, 5) is 22.3. The maximum absolute atomic E-state index is 13.0. The number of amides is 2. The van der Waals surface area contributed by atoms with Gasteiger partial charge in [-0.25, -0.2) is 13.6 Å². The van der Waals surface area contributed by atoms with Gasteiger partial charge in [-0.2, -0.15) is 0 Å². The van der Waals surface area contributed by atoms with Crippen LogP contribution in [0, 0.1) is 5.92 Å². The SMILES string of the molecule is O=C(NC1CNC1=O)OCCCCC1CCC(F)(F)CC1. The smallest absolute Gasteiger partial charge is 0.407 e. The molecule has 1 unspecified atom stereocenters. The predicted octanol–water partition coefficient (Wildman–Crippen LogP) is 2.21. The minimum absolute atomic E-state index is 0.0000249. The average Bonchev–Trinajstić information content (AvgIpc) is 2.44. The van der Waals surface area contributed by atoms with Crippen LogP contribution >= 0.6 is 0 Å². The first kappa shape index (κ1) is 16.0. The summed E-state index contributed by atoms with van der Waals surface area (Å²) in [5.41, 5.74) is 0. The number of hydrogen-bond acceptors (Lipinski definition) is 3. The molecule has 1 heterocycles. The first-order valence-electron chi connectivity index (χ1n) is 7.55. The Bertz CT molecular complexity index is 380. The second-order valence-corrected chi connectivity index (χ2v) is 5.87. The molecule has 0 aromatic heterocycles. The van der Waals surface area contributed by atoms with Gasteiger partial charge in [0.15, 0.2) is 0 Å². The van der Waals surface area contributed by atoms with Crippen LogP contribution in [-0.2, 0) is 9.53 Å². The van der Waals surface area contributed by atoms with E-state index in [9.17, 15) is 18.4 Å². The fourth-order valence-electron chi connectivity index (χ4n) is 2.68. The second-order valence-electron chi connectivity index (χ2n) is 5.87. The number of alkyl halides is 2. The summed E-state index contributed by atoms with van der Waals surface area (Å²) in [6.45, 7) is 0.739. The van der Waals surface area contributed by atoms with Crippen molar-refractivity contribution >= 4 is 12.0 Å². The lowest BCUT2D eigenvalue weighted by Gasteiger charge is -2.28. The Labute approximate surface area is 122 Å². The van der Waals surface area contributed by atoms with Crippen LogP contribution in [-0.4, -0.2) is 37.1 Å². The summed E-state index contributed by atoms with van der Waals surface area (Å²) in [5, 5.41) is 4.98. The Morgan fingerprint density at radius 2 is 2.05 bits per heavy atom. The van der Waals surface area contributed by atoms with Crippen molar-refractivity contribution in [2.45, 2.75) is 56.9 Å². The van der Waals surface area contributed by atoms with E-state index in [1.807, 2.05) is 0 Å². The minimum Gasteiger partial charge on any atom is -0.450 e. The van der Waals surface area contributed by atoms with Crippen molar-refractivity contribution in [3.63, 3.8) is 0 Å². The highest BCUT2D eigenvalue weighted by atomic mass is 19.3. The second kappa shape index (κ2) is 7.04. The topological polar surface area (TPSA) is 67.4 Å². The Kier molecular flexibility index (Phi) is 5.36. The standard InChI is InChI=1S/C14H22F2N2O3/c15-14(16)6-4-10(5-7-14)3-1-2-8-21-13(20)18-11-9-17-12(11)19/h10-11H,1-9H2,(H,17,19)(H,18,20). The van der Waals surface area contributed by atoms with Gasteiger partial charge < -0.3 is 15.4 Å². The van der Waals surface area contributed by atoms with E-state index >= 15 is 0 Å². The molecule has 1 aliphatic carbocycles. The third-order valence-electron chi connectivity index (χ3n) is 4.17. The van der Waals surface area contributed by atoms with Gasteiger partial charge in [0.05, 0.1) is 6.61 Å². The highest BCUT2D eigenvalue weighted by Gasteiger charge is 2.34. The average molecular weight is 304 g/mol. The van der Waals surface area contributed by atoms with Crippen molar-refractivity contribution in [3.8, 4) is 0 Å². The fraction of sp³-hybridized carbons (Fsp3) is 0.857. The van der Waals surface area contributed by atoms with Crippen LogP contribution in [0.1, 0.15) is 44.9 Å². The molecule has 2 rings (SSSR count). The van der Waals surface area contributed by atoms with Gasteiger partial charge in [-0.3, -0.25) is 4.79 Å². The molecule has 1 saturated carbocycles. The first-order valence-corrected chi connectivity index (χ1v) is 7.55. The van der Waals surface area contributed by atoms with E-state index < -0.39 is 18.1 Å². The molecule has 2 aliphatic rings. The fourth-order valence-corrected chi connectivity index (χ4v) is 2.68. The highest BCUT2D eigenvalue weighted by molar-refractivity contribution is 5.90. The first-order chi connectivity index (χ1) is 9.96. The van der Waals surface area contributed by atoms with Crippen LogP contribution in [0.15, 0.2) is 0 Å². The minimum atomic E-state index is -2.47. The van der Waals surface area contributed by atoms with Crippen molar-refractivity contribution in [3.05, 3.63) is 0 Å². The van der Waals surface area contributed by atoms with Crippen LogP contribution in [0.3, 0.4) is 0 Å². The molecule has 2 N–H and O–H groups in total. The molecule has 1 atom stereocenters. The third-order valence-corrected chi connectivity index (χ3v) is 4.17. The van der Waals surface area contributed by atoms with Gasteiger partial charge in [-0.15, -0.1) is 0 Å². The molecule has 1 aliphatic heterocycles. The van der Waals surface area contributed by atoms with Gasteiger partial charge in [-0.05, 0) is 31.6 Å². The molecule has 0 spiro atoms. The van der Waals surface area contributed by atoms with E-state index in [0.29, 0.717) is 31.9 Å². The number of unbranched alkanes of at least 4 members (excludes halogenated alkanes) is 1. The van der Waals surface area contributed by atoms with Crippen molar-refractivity contribution in [1.82, 2.24) is 10.6 Å². The van der Waals surface area contributed by atoms with E-state index in [0.717, 1.165) is 19.3 Å². The van der Waals surface area contributed by atoms with E-state index in [-0.39, 0.29) is 18.7 Å². The molecular weight excluding hydrogens is 282 g/mol. The lowest BCUT2D eigenvalue weighted by atomic mass is 9.84. The maximum Gasteiger partial charge on any atom is 0.407 e. The van der Waals surface area contributed by atoms with Crippen LogP contribution < -0.4 is 10.6 Å². The molecule has 2 fully saturated rings. The zero-order valence-corrected chi connectivity index (χ0v) is 12.0. The Morgan fingerprint density at radius 1 is 1.33 bits per heavy atom. The zero-order valence-electron chi connectivity index (χ0n) is 12.0. The number of ether oxygens (including phenoxy) is 1. The highest BCUT2D eigenvalue weighted by Crippen LogP contribution is 2.37. The van der Waals surface area contributed by atoms with Gasteiger partial charge in [0.1, 0.15) is 6.04 Å². The lowest BCUT2D eigenvalue weighted by molar-refractivity contribution is -0.128. The van der Waals surface area contributed by atoms with Crippen LogP contribution in [0.5, 0.6) is 0 Å². The van der Waals surface area contributed by atoms with E-state index in [1.165, 1.54) is 0 Å². The summed E-state index contributed by atoms with van der Waals surface area (Å²) >= 11 is 0. The van der Waals surface area contributed by atoms with Gasteiger partial charge in [0.25, 0.3) is 0 Å². The molecule has 0 aromatic carbocycles. The van der Waals surface area contributed by atoms with Crippen LogP contribution in [0.4, 0.5) is 13.6 Å². The largest absolute Gasteiger partial charge is 0.450 e. The molecule has 0 bridgehead atoms. The van der Waals surface area contributed by atoms with Crippen LogP contribution in [0.25, 0.3) is 0 Å². The number of carbonyl (C=O) groups excluding carboxylic acids is 2. The summed E-state index contributed by atoms with van der Waals surface area (Å²) in [6.07, 6.45) is 3.10. The van der Waals surface area contributed by atoms with Crippen molar-refractivity contribution in [1.29, 1.82) is 0 Å². The van der Waals surface area contributed by atoms with Crippen molar-refractivity contribution < 1.29 is 23.1 Å². The Morgan fingerprint density at radius 3 is 2.62 bits per heavy atom. The molecule has 1 saturated heterocycles. The van der Waals surface area contributed by atoms with Crippen LogP contribution in [0.2, 0.25) is 0 Å². The molecule has 120 valence electrons. The number of rotatable bonds is 6. The van der Waals surface area contributed by atoms with Gasteiger partial charge >= 0.3 is 6.09 Å². The van der Waals surface area contributed by atoms with Gasteiger partial charge in [-0.1, -0.05) is 6.42 Å². The Balaban J connectivity index is 1.46. The monoisotopic (exact) mass is 304 g/mol. The number of β-lactam (4-membered cyclic amide) rings is 1. The number of halogens is 2. The molecular formula is C14H22F2N2O3. The normalized spacial score (nSPS) is 24.9. The van der Waals surface area contributed by atoms with E-state index in [2.05, 4.69) is 10.6 Å². The third kappa shape index (κ3) is 5.13. The van der Waals surface area contributed by atoms with Crippen molar-refractivity contribution in [2.24, 2.45) is 5.92 Å². The maximum atomic E-state index is 13.0.